The Morgan fingerprint density at radius 2 is 1.86 bits per heavy atom. The van der Waals surface area contributed by atoms with Gasteiger partial charge in [-0.15, -0.1) is 0 Å². The van der Waals surface area contributed by atoms with E-state index in [4.69, 9.17) is 10.5 Å². The Labute approximate surface area is 122 Å². The van der Waals surface area contributed by atoms with Crippen molar-refractivity contribution in [2.45, 2.75) is 13.5 Å². The first kappa shape index (κ1) is 14.6. The molecule has 0 fully saturated rings. The van der Waals surface area contributed by atoms with Gasteiger partial charge >= 0.3 is 5.97 Å². The molecule has 2 aromatic rings. The molecular formula is C16H15NO4. The summed E-state index contributed by atoms with van der Waals surface area (Å²) in [4.78, 5) is 22.5. The fraction of sp³-hybridized carbons (Fsp3) is 0.125. The van der Waals surface area contributed by atoms with Gasteiger partial charge in [-0.2, -0.15) is 0 Å². The van der Waals surface area contributed by atoms with E-state index in [1.807, 2.05) is 0 Å². The summed E-state index contributed by atoms with van der Waals surface area (Å²) in [6, 6.07) is 11.7. The van der Waals surface area contributed by atoms with Gasteiger partial charge in [-0.05, 0) is 25.1 Å². The number of nitrogens with two attached hydrogens (primary N) is 1. The van der Waals surface area contributed by atoms with Crippen molar-refractivity contribution < 1.29 is 19.4 Å². The Morgan fingerprint density at radius 3 is 2.52 bits per heavy atom. The number of carbonyl (C=O) groups is 2. The fourth-order valence-corrected chi connectivity index (χ4v) is 1.98. The van der Waals surface area contributed by atoms with E-state index in [1.54, 1.807) is 43.3 Å². The summed E-state index contributed by atoms with van der Waals surface area (Å²) in [5.74, 6) is -1.35. The van der Waals surface area contributed by atoms with E-state index in [0.717, 1.165) is 5.56 Å². The minimum absolute atomic E-state index is 0.0719. The van der Waals surface area contributed by atoms with Crippen LogP contribution in [0.4, 0.5) is 0 Å². The molecular weight excluding hydrogens is 270 g/mol. The first-order valence-electron chi connectivity index (χ1n) is 6.33. The van der Waals surface area contributed by atoms with Crippen LogP contribution in [-0.4, -0.2) is 17.0 Å². The Kier molecular flexibility index (Phi) is 4.23. The van der Waals surface area contributed by atoms with E-state index in [1.165, 1.54) is 6.07 Å². The molecule has 2 rings (SSSR count). The fourth-order valence-electron chi connectivity index (χ4n) is 1.98. The van der Waals surface area contributed by atoms with Crippen molar-refractivity contribution >= 4 is 11.9 Å². The molecule has 0 saturated heterocycles. The van der Waals surface area contributed by atoms with Crippen molar-refractivity contribution in [2.75, 3.05) is 0 Å². The Bertz CT molecular complexity index is 694. The van der Waals surface area contributed by atoms with Crippen LogP contribution in [0.5, 0.6) is 5.75 Å². The monoisotopic (exact) mass is 285 g/mol. The van der Waals surface area contributed by atoms with Gasteiger partial charge in [0.25, 0.3) is 0 Å². The standard InChI is InChI=1S/C16H15NO4/c1-10-6-7-14(13(8-10)16(19)20)21-9-11-4-2-3-5-12(11)15(17)18/h2-8H,9H2,1H3,(H2,17,18)(H,19,20). The number of amides is 1. The molecule has 0 aliphatic rings. The third kappa shape index (κ3) is 3.39. The lowest BCUT2D eigenvalue weighted by Crippen LogP contribution is -2.15. The van der Waals surface area contributed by atoms with E-state index >= 15 is 0 Å². The normalized spacial score (nSPS) is 10.1. The first-order valence-corrected chi connectivity index (χ1v) is 6.33. The van der Waals surface area contributed by atoms with Gasteiger partial charge in [-0.25, -0.2) is 4.79 Å². The molecule has 0 aliphatic carbocycles. The van der Waals surface area contributed by atoms with E-state index in [9.17, 15) is 14.7 Å². The number of rotatable bonds is 5. The quantitative estimate of drug-likeness (QED) is 0.882. The van der Waals surface area contributed by atoms with Crippen LogP contribution in [0.1, 0.15) is 31.8 Å². The molecule has 0 saturated carbocycles. The number of carboxylic acids is 1. The third-order valence-electron chi connectivity index (χ3n) is 3.03. The molecule has 108 valence electrons. The number of hydrogen-bond donors (Lipinski definition) is 2. The minimum atomic E-state index is -1.06. The van der Waals surface area contributed by atoms with Gasteiger partial charge in [-0.3, -0.25) is 4.79 Å². The highest BCUT2D eigenvalue weighted by Gasteiger charge is 2.13. The van der Waals surface area contributed by atoms with E-state index in [0.29, 0.717) is 11.1 Å². The van der Waals surface area contributed by atoms with Crippen molar-refractivity contribution in [1.29, 1.82) is 0 Å². The summed E-state index contributed by atoms with van der Waals surface area (Å²) >= 11 is 0. The summed E-state index contributed by atoms with van der Waals surface area (Å²) in [7, 11) is 0. The number of benzene rings is 2. The van der Waals surface area contributed by atoms with Gasteiger partial charge in [0.15, 0.2) is 0 Å². The van der Waals surface area contributed by atoms with E-state index in [2.05, 4.69) is 0 Å². The molecule has 3 N–H and O–H groups in total. The molecule has 0 aliphatic heterocycles. The zero-order valence-electron chi connectivity index (χ0n) is 11.5. The number of carboxylic acid groups (broad SMARTS) is 1. The van der Waals surface area contributed by atoms with Crippen LogP contribution in [0.3, 0.4) is 0 Å². The molecule has 0 heterocycles. The number of carbonyl (C=O) groups excluding carboxylic acids is 1. The largest absolute Gasteiger partial charge is 0.488 e. The maximum Gasteiger partial charge on any atom is 0.339 e. The second-order valence-electron chi connectivity index (χ2n) is 4.61. The smallest absolute Gasteiger partial charge is 0.339 e. The molecule has 21 heavy (non-hydrogen) atoms. The van der Waals surface area contributed by atoms with Gasteiger partial charge in [0.05, 0.1) is 0 Å². The van der Waals surface area contributed by atoms with E-state index in [-0.39, 0.29) is 17.9 Å². The summed E-state index contributed by atoms with van der Waals surface area (Å²) in [5, 5.41) is 9.18. The maximum atomic E-state index is 11.3. The van der Waals surface area contributed by atoms with Crippen molar-refractivity contribution in [3.8, 4) is 5.75 Å². The molecule has 0 bridgehead atoms. The highest BCUT2D eigenvalue weighted by Crippen LogP contribution is 2.22. The van der Waals surface area contributed by atoms with Crippen molar-refractivity contribution in [3.63, 3.8) is 0 Å². The molecule has 0 spiro atoms. The van der Waals surface area contributed by atoms with Crippen LogP contribution in [0.25, 0.3) is 0 Å². The van der Waals surface area contributed by atoms with Crippen LogP contribution in [0.2, 0.25) is 0 Å². The van der Waals surface area contributed by atoms with Crippen LogP contribution in [-0.2, 0) is 6.61 Å². The number of primary amides is 1. The van der Waals surface area contributed by atoms with Crippen LogP contribution >= 0.6 is 0 Å². The molecule has 0 radical (unpaired) electrons. The lowest BCUT2D eigenvalue weighted by molar-refractivity contribution is 0.0691. The molecule has 0 atom stereocenters. The number of aryl methyl sites for hydroxylation is 1. The van der Waals surface area contributed by atoms with Crippen LogP contribution in [0, 0.1) is 6.92 Å². The van der Waals surface area contributed by atoms with Gasteiger partial charge in [0.2, 0.25) is 5.91 Å². The SMILES string of the molecule is Cc1ccc(OCc2ccccc2C(N)=O)c(C(=O)O)c1. The predicted molar refractivity (Wildman–Crippen MR) is 77.4 cm³/mol. The van der Waals surface area contributed by atoms with E-state index < -0.39 is 11.9 Å². The Balaban J connectivity index is 2.25. The number of aromatic carboxylic acids is 1. The van der Waals surface area contributed by atoms with Crippen LogP contribution in [0.15, 0.2) is 42.5 Å². The minimum Gasteiger partial charge on any atom is -0.488 e. The lowest BCUT2D eigenvalue weighted by atomic mass is 10.1. The molecule has 2 aromatic carbocycles. The summed E-state index contributed by atoms with van der Waals surface area (Å²) in [6.45, 7) is 1.88. The van der Waals surface area contributed by atoms with Gasteiger partial charge in [0, 0.05) is 11.1 Å². The van der Waals surface area contributed by atoms with Crippen molar-refractivity contribution in [3.05, 3.63) is 64.7 Å². The summed E-state index contributed by atoms with van der Waals surface area (Å²) < 4.78 is 5.54. The topological polar surface area (TPSA) is 89.6 Å². The average molecular weight is 285 g/mol. The zero-order valence-corrected chi connectivity index (χ0v) is 11.5. The second kappa shape index (κ2) is 6.09. The zero-order chi connectivity index (χ0) is 15.4. The first-order chi connectivity index (χ1) is 9.99. The molecule has 5 heteroatoms. The molecule has 5 nitrogen and oxygen atoms in total. The van der Waals surface area contributed by atoms with Gasteiger partial charge < -0.3 is 15.6 Å². The average Bonchev–Trinajstić information content (AvgIpc) is 2.46. The molecule has 0 unspecified atom stereocenters. The van der Waals surface area contributed by atoms with Gasteiger partial charge in [-0.1, -0.05) is 29.8 Å². The Hall–Kier alpha value is -2.82. The maximum absolute atomic E-state index is 11.3. The third-order valence-corrected chi connectivity index (χ3v) is 3.03. The molecule has 0 aromatic heterocycles. The van der Waals surface area contributed by atoms with Crippen molar-refractivity contribution in [2.24, 2.45) is 5.73 Å². The highest BCUT2D eigenvalue weighted by atomic mass is 16.5. The summed E-state index contributed by atoms with van der Waals surface area (Å²) in [6.07, 6.45) is 0. The summed E-state index contributed by atoms with van der Waals surface area (Å²) in [5.41, 5.74) is 7.19. The number of ether oxygens (including phenoxy) is 1. The second-order valence-corrected chi connectivity index (χ2v) is 4.61. The predicted octanol–water partition coefficient (Wildman–Crippen LogP) is 2.37. The Morgan fingerprint density at radius 1 is 1.14 bits per heavy atom. The number of hydrogen-bond acceptors (Lipinski definition) is 3. The molecule has 1 amide bonds. The van der Waals surface area contributed by atoms with Crippen LogP contribution < -0.4 is 10.5 Å². The lowest BCUT2D eigenvalue weighted by Gasteiger charge is -2.11. The highest BCUT2D eigenvalue weighted by molar-refractivity contribution is 5.94. The van der Waals surface area contributed by atoms with Crippen molar-refractivity contribution in [1.82, 2.24) is 0 Å². The van der Waals surface area contributed by atoms with Gasteiger partial charge in [0.1, 0.15) is 17.9 Å².